The maximum atomic E-state index is 12.4. The molecule has 1 N–H and O–H groups in total. The van der Waals surface area contributed by atoms with Gasteiger partial charge in [-0.3, -0.25) is 10.1 Å². The molecule has 0 radical (unpaired) electrons. The van der Waals surface area contributed by atoms with Gasteiger partial charge >= 0.3 is 5.97 Å². The largest absolute Gasteiger partial charge is 0.465 e. The molecule has 1 amide bonds. The van der Waals surface area contributed by atoms with Crippen LogP contribution in [0.25, 0.3) is 11.3 Å². The molecule has 0 unspecified atom stereocenters. The smallest absolute Gasteiger partial charge is 0.345 e. The molecule has 0 atom stereocenters. The molecular weight excluding hydrogens is 471 g/mol. The minimum absolute atomic E-state index is 0.0679. The Morgan fingerprint density at radius 2 is 1.79 bits per heavy atom. The summed E-state index contributed by atoms with van der Waals surface area (Å²) in [6.45, 7) is 0. The number of rotatable bonds is 5. The summed E-state index contributed by atoms with van der Waals surface area (Å²) < 4.78 is 10.9. The maximum absolute atomic E-state index is 12.4. The fourth-order valence-corrected chi connectivity index (χ4v) is 3.36. The molecule has 6 nitrogen and oxygen atoms in total. The second kappa shape index (κ2) is 8.77. The van der Waals surface area contributed by atoms with Gasteiger partial charge in [0.25, 0.3) is 0 Å². The van der Waals surface area contributed by atoms with Crippen LogP contribution < -0.4 is 5.32 Å². The van der Waals surface area contributed by atoms with Crippen molar-refractivity contribution in [3.8, 4) is 11.3 Å². The third-order valence-electron chi connectivity index (χ3n) is 3.81. The summed E-state index contributed by atoms with van der Waals surface area (Å²) in [5.41, 5.74) is 1.11. The molecule has 0 aliphatic carbocycles. The fourth-order valence-electron chi connectivity index (χ4n) is 2.52. The first-order valence-corrected chi connectivity index (χ1v) is 9.52. The van der Waals surface area contributed by atoms with E-state index in [1.165, 1.54) is 7.11 Å². The van der Waals surface area contributed by atoms with Gasteiger partial charge in [0.2, 0.25) is 11.8 Å². The van der Waals surface area contributed by atoms with Crippen molar-refractivity contribution in [2.75, 3.05) is 12.4 Å². The molecule has 0 fully saturated rings. The molecular formula is C19H13BrCl2N2O4. The molecule has 0 saturated carbocycles. The molecule has 28 heavy (non-hydrogen) atoms. The molecule has 0 aliphatic rings. The van der Waals surface area contributed by atoms with Gasteiger partial charge in [-0.2, -0.15) is 0 Å². The Kier molecular flexibility index (Phi) is 6.39. The first kappa shape index (κ1) is 20.4. The van der Waals surface area contributed by atoms with Crippen LogP contribution in [0, 0.1) is 0 Å². The molecule has 3 rings (SSSR count). The number of halogens is 3. The van der Waals surface area contributed by atoms with Crippen LogP contribution in [0.1, 0.15) is 15.9 Å². The number of nitrogens with one attached hydrogen (secondary N) is 1. The number of hydrogen-bond donors (Lipinski definition) is 1. The van der Waals surface area contributed by atoms with Crippen LogP contribution in [0.3, 0.4) is 0 Å². The van der Waals surface area contributed by atoms with E-state index in [2.05, 4.69) is 26.4 Å². The lowest BCUT2D eigenvalue weighted by molar-refractivity contribution is -0.115. The standard InChI is InChI=1S/C19H13BrCl2N2O4/c1-27-19(26)16-17(15-12(21)3-2-4-13(15)22)24-28-18(16)23-14(25)9-10-5-7-11(20)8-6-10/h2-8H,9H2,1H3,(H,23,25). The van der Waals surface area contributed by atoms with E-state index in [1.807, 2.05) is 12.1 Å². The Morgan fingerprint density at radius 1 is 1.14 bits per heavy atom. The van der Waals surface area contributed by atoms with Gasteiger partial charge in [-0.15, -0.1) is 0 Å². The quantitative estimate of drug-likeness (QED) is 0.492. The molecule has 2 aromatic carbocycles. The molecule has 3 aromatic rings. The number of nitrogens with zero attached hydrogens (tertiary/aromatic N) is 1. The lowest BCUT2D eigenvalue weighted by Gasteiger charge is -2.07. The second-order valence-electron chi connectivity index (χ2n) is 5.67. The summed E-state index contributed by atoms with van der Waals surface area (Å²) in [4.78, 5) is 24.7. The Labute approximate surface area is 178 Å². The maximum Gasteiger partial charge on any atom is 0.345 e. The molecule has 1 aromatic heterocycles. The van der Waals surface area contributed by atoms with Crippen molar-refractivity contribution in [2.24, 2.45) is 0 Å². The summed E-state index contributed by atoms with van der Waals surface area (Å²) in [6, 6.07) is 12.1. The minimum atomic E-state index is -0.744. The zero-order valence-corrected chi connectivity index (χ0v) is 17.6. The van der Waals surface area contributed by atoms with Crippen LogP contribution in [-0.2, 0) is 16.0 Å². The monoisotopic (exact) mass is 482 g/mol. The van der Waals surface area contributed by atoms with E-state index in [4.69, 9.17) is 32.5 Å². The van der Waals surface area contributed by atoms with Crippen molar-refractivity contribution in [3.05, 3.63) is 68.1 Å². The van der Waals surface area contributed by atoms with E-state index in [1.54, 1.807) is 30.3 Å². The number of benzene rings is 2. The van der Waals surface area contributed by atoms with E-state index < -0.39 is 5.97 Å². The van der Waals surface area contributed by atoms with Gasteiger partial charge in [0.05, 0.1) is 23.6 Å². The summed E-state index contributed by atoms with van der Waals surface area (Å²) in [6.07, 6.45) is 0.0801. The van der Waals surface area contributed by atoms with Gasteiger partial charge in [0.15, 0.2) is 5.56 Å². The molecule has 0 bridgehead atoms. The highest BCUT2D eigenvalue weighted by molar-refractivity contribution is 9.10. The first-order valence-electron chi connectivity index (χ1n) is 7.97. The number of esters is 1. The van der Waals surface area contributed by atoms with Crippen molar-refractivity contribution in [2.45, 2.75) is 6.42 Å². The predicted molar refractivity (Wildman–Crippen MR) is 110 cm³/mol. The average molecular weight is 484 g/mol. The zero-order chi connectivity index (χ0) is 20.3. The van der Waals surface area contributed by atoms with Crippen molar-refractivity contribution in [1.29, 1.82) is 0 Å². The van der Waals surface area contributed by atoms with Crippen molar-refractivity contribution in [1.82, 2.24) is 5.16 Å². The van der Waals surface area contributed by atoms with Crippen molar-refractivity contribution in [3.63, 3.8) is 0 Å². The van der Waals surface area contributed by atoms with Gasteiger partial charge in [0, 0.05) is 10.0 Å². The van der Waals surface area contributed by atoms with E-state index >= 15 is 0 Å². The molecule has 0 saturated heterocycles. The fraction of sp³-hybridized carbons (Fsp3) is 0.105. The highest BCUT2D eigenvalue weighted by atomic mass is 79.9. The zero-order valence-electron chi connectivity index (χ0n) is 14.5. The normalized spacial score (nSPS) is 10.6. The van der Waals surface area contributed by atoms with Gasteiger partial charge in [0.1, 0.15) is 5.69 Å². The van der Waals surface area contributed by atoms with E-state index in [0.29, 0.717) is 5.56 Å². The van der Waals surface area contributed by atoms with Crippen molar-refractivity contribution < 1.29 is 18.8 Å². The van der Waals surface area contributed by atoms with Gasteiger partial charge in [-0.1, -0.05) is 62.5 Å². The SMILES string of the molecule is COC(=O)c1c(-c2c(Cl)cccc2Cl)noc1NC(=O)Cc1ccc(Br)cc1. The average Bonchev–Trinajstić information content (AvgIpc) is 3.06. The number of ether oxygens (including phenoxy) is 1. The topological polar surface area (TPSA) is 81.4 Å². The third-order valence-corrected chi connectivity index (χ3v) is 4.97. The number of amides is 1. The molecule has 1 heterocycles. The van der Waals surface area contributed by atoms with Crippen LogP contribution in [0.15, 0.2) is 51.5 Å². The number of carbonyl (C=O) groups excluding carboxylic acids is 2. The van der Waals surface area contributed by atoms with Gasteiger partial charge in [-0.05, 0) is 29.8 Å². The number of carbonyl (C=O) groups is 2. The summed E-state index contributed by atoms with van der Waals surface area (Å²) in [5, 5.41) is 6.99. The highest BCUT2D eigenvalue weighted by Crippen LogP contribution is 2.38. The van der Waals surface area contributed by atoms with Crippen LogP contribution >= 0.6 is 39.1 Å². The van der Waals surface area contributed by atoms with E-state index in [-0.39, 0.29) is 39.5 Å². The summed E-state index contributed by atoms with van der Waals surface area (Å²) in [5.74, 6) is -1.27. The number of methoxy groups -OCH3 is 1. The summed E-state index contributed by atoms with van der Waals surface area (Å²) in [7, 11) is 1.21. The third kappa shape index (κ3) is 4.38. The van der Waals surface area contributed by atoms with Crippen LogP contribution in [0.2, 0.25) is 10.0 Å². The van der Waals surface area contributed by atoms with Gasteiger partial charge in [-0.25, -0.2) is 4.79 Å². The number of hydrogen-bond acceptors (Lipinski definition) is 5. The molecule has 0 aliphatic heterocycles. The van der Waals surface area contributed by atoms with Crippen LogP contribution in [0.4, 0.5) is 5.88 Å². The first-order chi connectivity index (χ1) is 13.4. The van der Waals surface area contributed by atoms with E-state index in [9.17, 15) is 9.59 Å². The van der Waals surface area contributed by atoms with Gasteiger partial charge < -0.3 is 9.26 Å². The van der Waals surface area contributed by atoms with Crippen molar-refractivity contribution >= 4 is 56.9 Å². The second-order valence-corrected chi connectivity index (χ2v) is 7.41. The number of aromatic nitrogens is 1. The Balaban J connectivity index is 1.93. The Morgan fingerprint density at radius 3 is 2.39 bits per heavy atom. The summed E-state index contributed by atoms with van der Waals surface area (Å²) >= 11 is 15.8. The predicted octanol–water partition coefficient (Wildman–Crippen LogP) is 5.38. The molecule has 144 valence electrons. The Hall–Kier alpha value is -2.35. The molecule has 9 heteroatoms. The lowest BCUT2D eigenvalue weighted by Crippen LogP contribution is -2.16. The van der Waals surface area contributed by atoms with Crippen LogP contribution in [-0.4, -0.2) is 24.1 Å². The van der Waals surface area contributed by atoms with Crippen LogP contribution in [0.5, 0.6) is 0 Å². The Bertz CT molecular complexity index is 1010. The number of anilines is 1. The lowest BCUT2D eigenvalue weighted by atomic mass is 10.1. The van der Waals surface area contributed by atoms with E-state index in [0.717, 1.165) is 10.0 Å². The minimum Gasteiger partial charge on any atom is -0.465 e. The molecule has 0 spiro atoms. The highest BCUT2D eigenvalue weighted by Gasteiger charge is 2.28.